The summed E-state index contributed by atoms with van der Waals surface area (Å²) in [6.07, 6.45) is 1.96. The van der Waals surface area contributed by atoms with Crippen LogP contribution in [0.5, 0.6) is 0 Å². The van der Waals surface area contributed by atoms with Crippen molar-refractivity contribution in [2.75, 3.05) is 11.9 Å². The summed E-state index contributed by atoms with van der Waals surface area (Å²) < 4.78 is 0. The van der Waals surface area contributed by atoms with Gasteiger partial charge in [-0.3, -0.25) is 0 Å². The van der Waals surface area contributed by atoms with Gasteiger partial charge in [-0.25, -0.2) is 4.98 Å². The molecule has 0 radical (unpaired) electrons. The lowest BCUT2D eigenvalue weighted by Crippen LogP contribution is -2.22. The highest BCUT2D eigenvalue weighted by Gasteiger charge is 2.05. The lowest BCUT2D eigenvalue weighted by Gasteiger charge is -2.19. The Bertz CT molecular complexity index is 561. The number of benzene rings is 1. The quantitative estimate of drug-likeness (QED) is 0.879. The molecule has 2 rings (SSSR count). The zero-order valence-corrected chi connectivity index (χ0v) is 13.4. The molecule has 1 N–H and O–H groups in total. The summed E-state index contributed by atoms with van der Waals surface area (Å²) in [6.45, 7) is 8.20. The first kappa shape index (κ1) is 15.5. The molecule has 0 aliphatic rings. The maximum atomic E-state index is 4.57. The van der Waals surface area contributed by atoms with Gasteiger partial charge in [0.05, 0.1) is 0 Å². The highest BCUT2D eigenvalue weighted by Crippen LogP contribution is 2.15. The Morgan fingerprint density at radius 1 is 1.14 bits per heavy atom. The van der Waals surface area contributed by atoms with Crippen molar-refractivity contribution in [3.63, 3.8) is 0 Å². The maximum Gasteiger partial charge on any atom is 0.128 e. The number of anilines is 1. The van der Waals surface area contributed by atoms with Crippen LogP contribution in [0.1, 0.15) is 30.5 Å². The summed E-state index contributed by atoms with van der Waals surface area (Å²) >= 11 is 0. The van der Waals surface area contributed by atoms with Gasteiger partial charge in [0.15, 0.2) is 0 Å². The van der Waals surface area contributed by atoms with Gasteiger partial charge in [-0.1, -0.05) is 44.2 Å². The van der Waals surface area contributed by atoms with Crippen molar-refractivity contribution in [2.45, 2.75) is 39.9 Å². The predicted octanol–water partition coefficient (Wildman–Crippen LogP) is 3.52. The Kier molecular flexibility index (Phi) is 5.34. The summed E-state index contributed by atoms with van der Waals surface area (Å²) in [5, 5.41) is 3.40. The third-order valence-corrected chi connectivity index (χ3v) is 3.58. The number of aryl methyl sites for hydroxylation is 1. The second kappa shape index (κ2) is 7.23. The van der Waals surface area contributed by atoms with Crippen molar-refractivity contribution in [3.8, 4) is 0 Å². The molecule has 0 aliphatic carbocycles. The number of hydrogen-bond acceptors (Lipinski definition) is 3. The average molecular weight is 283 g/mol. The van der Waals surface area contributed by atoms with Gasteiger partial charge in [-0.2, -0.15) is 0 Å². The van der Waals surface area contributed by atoms with Gasteiger partial charge in [0.2, 0.25) is 0 Å². The van der Waals surface area contributed by atoms with Gasteiger partial charge >= 0.3 is 0 Å². The minimum atomic E-state index is 0.494. The molecule has 2 aromatic rings. The normalized spacial score (nSPS) is 10.9. The van der Waals surface area contributed by atoms with E-state index in [0.717, 1.165) is 18.9 Å². The summed E-state index contributed by atoms with van der Waals surface area (Å²) in [5.41, 5.74) is 3.88. The molecule has 1 aromatic carbocycles. The fourth-order valence-corrected chi connectivity index (χ4v) is 2.19. The maximum absolute atomic E-state index is 4.57. The number of aromatic nitrogens is 1. The summed E-state index contributed by atoms with van der Waals surface area (Å²) in [6, 6.07) is 13.2. The lowest BCUT2D eigenvalue weighted by atomic mass is 10.1. The van der Waals surface area contributed by atoms with Crippen LogP contribution in [0, 0.1) is 6.92 Å². The molecule has 1 aromatic heterocycles. The molecule has 0 atom stereocenters. The largest absolute Gasteiger partial charge is 0.355 e. The van der Waals surface area contributed by atoms with E-state index in [4.69, 9.17) is 0 Å². The van der Waals surface area contributed by atoms with Gasteiger partial charge in [0, 0.05) is 32.4 Å². The minimum Gasteiger partial charge on any atom is -0.355 e. The van der Waals surface area contributed by atoms with Gasteiger partial charge in [-0.15, -0.1) is 0 Å². The van der Waals surface area contributed by atoms with Crippen molar-refractivity contribution in [1.82, 2.24) is 10.3 Å². The molecule has 0 fully saturated rings. The summed E-state index contributed by atoms with van der Waals surface area (Å²) in [4.78, 5) is 6.75. The van der Waals surface area contributed by atoms with Crippen LogP contribution in [-0.2, 0) is 13.1 Å². The number of pyridine rings is 1. The Hall–Kier alpha value is -1.87. The van der Waals surface area contributed by atoms with E-state index in [1.807, 2.05) is 6.20 Å². The van der Waals surface area contributed by atoms with Crippen LogP contribution in [-0.4, -0.2) is 18.1 Å². The third-order valence-electron chi connectivity index (χ3n) is 3.58. The molecular weight excluding hydrogens is 258 g/mol. The fraction of sp³-hybridized carbons (Fsp3) is 0.389. The highest BCUT2D eigenvalue weighted by atomic mass is 15.2. The number of nitrogens with zero attached hydrogens (tertiary/aromatic N) is 2. The molecule has 0 bridgehead atoms. The molecule has 0 aliphatic heterocycles. The second-order valence-electron chi connectivity index (χ2n) is 5.84. The van der Waals surface area contributed by atoms with Crippen molar-refractivity contribution in [3.05, 3.63) is 59.3 Å². The van der Waals surface area contributed by atoms with Crippen molar-refractivity contribution in [2.24, 2.45) is 0 Å². The molecule has 0 saturated heterocycles. The van der Waals surface area contributed by atoms with E-state index in [-0.39, 0.29) is 0 Å². The topological polar surface area (TPSA) is 28.2 Å². The first-order chi connectivity index (χ1) is 10.1. The van der Waals surface area contributed by atoms with E-state index >= 15 is 0 Å². The van der Waals surface area contributed by atoms with E-state index in [9.17, 15) is 0 Å². The van der Waals surface area contributed by atoms with Crippen molar-refractivity contribution < 1.29 is 0 Å². The summed E-state index contributed by atoms with van der Waals surface area (Å²) in [7, 11) is 2.08. The van der Waals surface area contributed by atoms with E-state index in [2.05, 4.69) is 79.4 Å². The fourth-order valence-electron chi connectivity index (χ4n) is 2.19. The minimum absolute atomic E-state index is 0.494. The van der Waals surface area contributed by atoms with Crippen LogP contribution in [0.25, 0.3) is 0 Å². The predicted molar refractivity (Wildman–Crippen MR) is 89.5 cm³/mol. The zero-order chi connectivity index (χ0) is 15.2. The number of hydrogen-bond donors (Lipinski definition) is 1. The second-order valence-corrected chi connectivity index (χ2v) is 5.84. The Labute approximate surface area is 128 Å². The molecule has 0 saturated carbocycles. The summed E-state index contributed by atoms with van der Waals surface area (Å²) in [5.74, 6) is 1.01. The van der Waals surface area contributed by atoms with E-state index in [0.29, 0.717) is 6.04 Å². The van der Waals surface area contributed by atoms with Crippen LogP contribution in [0.15, 0.2) is 42.6 Å². The molecule has 112 valence electrons. The van der Waals surface area contributed by atoms with Crippen LogP contribution in [0.2, 0.25) is 0 Å². The van der Waals surface area contributed by atoms with Crippen LogP contribution in [0.3, 0.4) is 0 Å². The highest BCUT2D eigenvalue weighted by molar-refractivity contribution is 5.40. The third kappa shape index (κ3) is 4.57. The number of rotatable bonds is 6. The molecule has 0 amide bonds. The van der Waals surface area contributed by atoms with Crippen LogP contribution >= 0.6 is 0 Å². The van der Waals surface area contributed by atoms with E-state index in [1.165, 1.54) is 16.7 Å². The lowest BCUT2D eigenvalue weighted by molar-refractivity contribution is 0.588. The first-order valence-electron chi connectivity index (χ1n) is 7.50. The van der Waals surface area contributed by atoms with Crippen molar-refractivity contribution >= 4 is 5.82 Å². The monoisotopic (exact) mass is 283 g/mol. The van der Waals surface area contributed by atoms with Crippen LogP contribution in [0.4, 0.5) is 5.82 Å². The molecule has 21 heavy (non-hydrogen) atoms. The zero-order valence-electron chi connectivity index (χ0n) is 13.4. The SMILES string of the molecule is Cc1ccccc1CN(C)c1ccc(CNC(C)C)cn1. The standard InChI is InChI=1S/C18H25N3/c1-14(2)19-11-16-9-10-18(20-12-16)21(4)13-17-8-6-5-7-15(17)3/h5-10,12,14,19H,11,13H2,1-4H3. The Balaban J connectivity index is 2.00. The molecule has 0 spiro atoms. The Morgan fingerprint density at radius 2 is 1.90 bits per heavy atom. The molecule has 3 nitrogen and oxygen atoms in total. The van der Waals surface area contributed by atoms with E-state index in [1.54, 1.807) is 0 Å². The Morgan fingerprint density at radius 3 is 2.52 bits per heavy atom. The van der Waals surface area contributed by atoms with Crippen LogP contribution < -0.4 is 10.2 Å². The van der Waals surface area contributed by atoms with E-state index < -0.39 is 0 Å². The first-order valence-corrected chi connectivity index (χ1v) is 7.50. The average Bonchev–Trinajstić information content (AvgIpc) is 2.48. The van der Waals surface area contributed by atoms with Gasteiger partial charge in [0.25, 0.3) is 0 Å². The molecule has 3 heteroatoms. The smallest absolute Gasteiger partial charge is 0.128 e. The molecule has 1 heterocycles. The molecule has 0 unspecified atom stereocenters. The van der Waals surface area contributed by atoms with Crippen molar-refractivity contribution in [1.29, 1.82) is 0 Å². The number of nitrogens with one attached hydrogen (secondary N) is 1. The van der Waals surface area contributed by atoms with Gasteiger partial charge < -0.3 is 10.2 Å². The van der Waals surface area contributed by atoms with Gasteiger partial charge in [-0.05, 0) is 29.7 Å². The molecular formula is C18H25N3. The van der Waals surface area contributed by atoms with Gasteiger partial charge in [0.1, 0.15) is 5.82 Å².